The Kier molecular flexibility index (Phi) is 3.72. The van der Waals surface area contributed by atoms with Crippen LogP contribution in [-0.2, 0) is 0 Å². The number of halogens is 2. The van der Waals surface area contributed by atoms with E-state index in [9.17, 15) is 0 Å². The molecule has 0 bridgehead atoms. The van der Waals surface area contributed by atoms with Gasteiger partial charge in [0.2, 0.25) is 0 Å². The van der Waals surface area contributed by atoms with E-state index in [4.69, 9.17) is 28.9 Å². The molecule has 0 amide bonds. The summed E-state index contributed by atoms with van der Waals surface area (Å²) >= 11 is 12.0. The van der Waals surface area contributed by atoms with Gasteiger partial charge in [-0.05, 0) is 47.9 Å². The maximum absolute atomic E-state index is 5.99. The van der Waals surface area contributed by atoms with Gasteiger partial charge < -0.3 is 5.73 Å². The molecule has 2 N–H and O–H groups in total. The first-order valence-corrected chi connectivity index (χ1v) is 6.14. The van der Waals surface area contributed by atoms with Gasteiger partial charge in [-0.3, -0.25) is 0 Å². The van der Waals surface area contributed by atoms with Crippen molar-refractivity contribution in [1.82, 2.24) is 0 Å². The number of benzene rings is 2. The van der Waals surface area contributed by atoms with Crippen LogP contribution in [0.4, 0.5) is 0 Å². The Morgan fingerprint density at radius 2 is 1.59 bits per heavy atom. The highest BCUT2D eigenvalue weighted by molar-refractivity contribution is 6.35. The molecule has 0 aromatic heterocycles. The first-order valence-electron chi connectivity index (χ1n) is 5.38. The first kappa shape index (κ1) is 12.4. The van der Waals surface area contributed by atoms with E-state index in [1.807, 2.05) is 37.3 Å². The van der Waals surface area contributed by atoms with Crippen LogP contribution in [0.5, 0.6) is 0 Å². The highest BCUT2D eigenvalue weighted by Crippen LogP contribution is 2.28. The fourth-order valence-corrected chi connectivity index (χ4v) is 2.25. The largest absolute Gasteiger partial charge is 0.324 e. The Morgan fingerprint density at radius 3 is 2.18 bits per heavy atom. The summed E-state index contributed by atoms with van der Waals surface area (Å²) in [4.78, 5) is 0. The summed E-state index contributed by atoms with van der Waals surface area (Å²) in [5.41, 5.74) is 9.04. The SMILES string of the molecule is CC(N)c1cccc(-c2cc(Cl)cc(Cl)c2)c1. The lowest BCUT2D eigenvalue weighted by atomic mass is 10.0. The van der Waals surface area contributed by atoms with Crippen LogP contribution in [0.15, 0.2) is 42.5 Å². The van der Waals surface area contributed by atoms with E-state index < -0.39 is 0 Å². The topological polar surface area (TPSA) is 26.0 Å². The van der Waals surface area contributed by atoms with E-state index in [0.717, 1.165) is 16.7 Å². The molecule has 17 heavy (non-hydrogen) atoms. The quantitative estimate of drug-likeness (QED) is 0.839. The summed E-state index contributed by atoms with van der Waals surface area (Å²) in [7, 11) is 0. The first-order chi connectivity index (χ1) is 8.06. The molecule has 2 rings (SSSR count). The fourth-order valence-electron chi connectivity index (χ4n) is 1.72. The molecule has 1 atom stereocenters. The van der Waals surface area contributed by atoms with Gasteiger partial charge in [0.1, 0.15) is 0 Å². The molecule has 0 saturated heterocycles. The van der Waals surface area contributed by atoms with Gasteiger partial charge in [-0.1, -0.05) is 41.4 Å². The molecule has 0 fully saturated rings. The summed E-state index contributed by atoms with van der Waals surface area (Å²) in [6, 6.07) is 13.6. The van der Waals surface area contributed by atoms with E-state index in [-0.39, 0.29) is 6.04 Å². The minimum atomic E-state index is 0.0182. The summed E-state index contributed by atoms with van der Waals surface area (Å²) in [5.74, 6) is 0. The number of hydrogen-bond acceptors (Lipinski definition) is 1. The number of hydrogen-bond donors (Lipinski definition) is 1. The second kappa shape index (κ2) is 5.09. The van der Waals surface area contributed by atoms with Crippen LogP contribution in [0, 0.1) is 0 Å². The zero-order chi connectivity index (χ0) is 12.4. The van der Waals surface area contributed by atoms with Gasteiger partial charge in [0.25, 0.3) is 0 Å². The van der Waals surface area contributed by atoms with Gasteiger partial charge in [-0.15, -0.1) is 0 Å². The standard InChI is InChI=1S/C14H13Cl2N/c1-9(17)10-3-2-4-11(5-10)12-6-13(15)8-14(16)7-12/h2-9H,17H2,1H3. The molecule has 1 nitrogen and oxygen atoms in total. The third-order valence-corrected chi connectivity index (χ3v) is 3.04. The fraction of sp³-hybridized carbons (Fsp3) is 0.143. The molecule has 88 valence electrons. The monoisotopic (exact) mass is 265 g/mol. The van der Waals surface area contributed by atoms with Gasteiger partial charge in [0.15, 0.2) is 0 Å². The lowest BCUT2D eigenvalue weighted by molar-refractivity contribution is 0.819. The summed E-state index contributed by atoms with van der Waals surface area (Å²) in [5, 5.41) is 1.28. The van der Waals surface area contributed by atoms with Crippen LogP contribution in [0.25, 0.3) is 11.1 Å². The highest BCUT2D eigenvalue weighted by Gasteiger charge is 2.04. The predicted octanol–water partition coefficient (Wildman–Crippen LogP) is 4.68. The Hall–Kier alpha value is -1.02. The van der Waals surface area contributed by atoms with E-state index in [1.165, 1.54) is 0 Å². The van der Waals surface area contributed by atoms with Crippen LogP contribution in [0.3, 0.4) is 0 Å². The van der Waals surface area contributed by atoms with Crippen LogP contribution in [-0.4, -0.2) is 0 Å². The van der Waals surface area contributed by atoms with E-state index >= 15 is 0 Å². The average molecular weight is 266 g/mol. The Balaban J connectivity index is 2.49. The van der Waals surface area contributed by atoms with Crippen LogP contribution in [0.2, 0.25) is 10.0 Å². The second-order valence-corrected chi connectivity index (χ2v) is 4.95. The van der Waals surface area contributed by atoms with E-state index in [2.05, 4.69) is 6.07 Å². The molecule has 0 aliphatic rings. The Labute approximate surface area is 111 Å². The van der Waals surface area contributed by atoms with Crippen LogP contribution >= 0.6 is 23.2 Å². The van der Waals surface area contributed by atoms with Gasteiger partial charge in [0, 0.05) is 16.1 Å². The van der Waals surface area contributed by atoms with Crippen molar-refractivity contribution in [1.29, 1.82) is 0 Å². The summed E-state index contributed by atoms with van der Waals surface area (Å²) in [6.07, 6.45) is 0. The van der Waals surface area contributed by atoms with Crippen molar-refractivity contribution in [3.8, 4) is 11.1 Å². The normalized spacial score (nSPS) is 12.5. The molecule has 0 saturated carbocycles. The molecule has 0 spiro atoms. The number of rotatable bonds is 2. The maximum atomic E-state index is 5.99. The molecular formula is C14H13Cl2N. The number of nitrogens with two attached hydrogens (primary N) is 1. The third kappa shape index (κ3) is 3.01. The van der Waals surface area contributed by atoms with Gasteiger partial charge >= 0.3 is 0 Å². The molecule has 1 unspecified atom stereocenters. The van der Waals surface area contributed by atoms with Gasteiger partial charge in [-0.25, -0.2) is 0 Å². The molecular weight excluding hydrogens is 253 g/mol. The van der Waals surface area contributed by atoms with Gasteiger partial charge in [0.05, 0.1) is 0 Å². The molecule has 0 aliphatic heterocycles. The van der Waals surface area contributed by atoms with Crippen LogP contribution in [0.1, 0.15) is 18.5 Å². The molecule has 0 aliphatic carbocycles. The lowest BCUT2D eigenvalue weighted by Crippen LogP contribution is -2.04. The predicted molar refractivity (Wildman–Crippen MR) is 74.5 cm³/mol. The molecule has 0 heterocycles. The second-order valence-electron chi connectivity index (χ2n) is 4.07. The smallest absolute Gasteiger partial charge is 0.0426 e. The molecule has 2 aromatic rings. The van der Waals surface area contributed by atoms with Crippen molar-refractivity contribution in [3.05, 3.63) is 58.1 Å². The van der Waals surface area contributed by atoms with E-state index in [0.29, 0.717) is 10.0 Å². The van der Waals surface area contributed by atoms with Crippen molar-refractivity contribution in [3.63, 3.8) is 0 Å². The van der Waals surface area contributed by atoms with Crippen molar-refractivity contribution < 1.29 is 0 Å². The highest BCUT2D eigenvalue weighted by atomic mass is 35.5. The zero-order valence-electron chi connectivity index (χ0n) is 9.45. The van der Waals surface area contributed by atoms with Crippen LogP contribution < -0.4 is 5.73 Å². The summed E-state index contributed by atoms with van der Waals surface area (Å²) in [6.45, 7) is 1.96. The van der Waals surface area contributed by atoms with Crippen molar-refractivity contribution in [2.24, 2.45) is 5.73 Å². The Bertz CT molecular complexity index is 515. The summed E-state index contributed by atoms with van der Waals surface area (Å²) < 4.78 is 0. The maximum Gasteiger partial charge on any atom is 0.0426 e. The third-order valence-electron chi connectivity index (χ3n) is 2.61. The molecule has 2 aromatic carbocycles. The Morgan fingerprint density at radius 1 is 0.941 bits per heavy atom. The molecule has 3 heteroatoms. The van der Waals surface area contributed by atoms with Crippen molar-refractivity contribution in [2.75, 3.05) is 0 Å². The zero-order valence-corrected chi connectivity index (χ0v) is 11.0. The molecule has 0 radical (unpaired) electrons. The van der Waals surface area contributed by atoms with E-state index in [1.54, 1.807) is 6.07 Å². The minimum absolute atomic E-state index is 0.0182. The minimum Gasteiger partial charge on any atom is -0.324 e. The van der Waals surface area contributed by atoms with Gasteiger partial charge in [-0.2, -0.15) is 0 Å². The van der Waals surface area contributed by atoms with Crippen molar-refractivity contribution >= 4 is 23.2 Å². The average Bonchev–Trinajstić information content (AvgIpc) is 2.28. The van der Waals surface area contributed by atoms with Crippen molar-refractivity contribution in [2.45, 2.75) is 13.0 Å². The lowest BCUT2D eigenvalue weighted by Gasteiger charge is -2.09.